The number of carbonyl (C=O) groups is 3. The van der Waals surface area contributed by atoms with E-state index in [1.54, 1.807) is 30.1 Å². The lowest BCUT2D eigenvalue weighted by Crippen LogP contribution is -2.57. The SMILES string of the molecule is C[C@@H]1C/C=C/[C@H](NC(=O)CS[C@H]2OC(CO)[C@H](O)C(O)C2O)C/C=C/C(=N)Cc2c(OCC(=O)N3CCCCC3)c(O)cc(O)c2C(=O)O1. The zero-order valence-corrected chi connectivity index (χ0v) is 28.0. The number of cyclic esters (lactones) is 1. The Morgan fingerprint density at radius 1 is 1.06 bits per heavy atom. The highest BCUT2D eigenvalue weighted by atomic mass is 32.2. The molecule has 0 radical (unpaired) electrons. The molecule has 49 heavy (non-hydrogen) atoms. The number of fused-ring (bicyclic) bond motifs is 1. The summed E-state index contributed by atoms with van der Waals surface area (Å²) in [6, 6.07) is 0.384. The average molecular weight is 708 g/mol. The summed E-state index contributed by atoms with van der Waals surface area (Å²) in [5.74, 6) is -3.12. The summed E-state index contributed by atoms with van der Waals surface area (Å²) in [6.07, 6.45) is 3.14. The summed E-state index contributed by atoms with van der Waals surface area (Å²) in [5, 5.41) is 72.5. The Kier molecular flexibility index (Phi) is 13.9. The third-order valence-electron chi connectivity index (χ3n) is 8.39. The maximum Gasteiger partial charge on any atom is 0.342 e. The Labute approximate surface area is 288 Å². The van der Waals surface area contributed by atoms with Crippen molar-refractivity contribution >= 4 is 35.3 Å². The highest BCUT2D eigenvalue weighted by molar-refractivity contribution is 8.00. The van der Waals surface area contributed by atoms with Crippen LogP contribution < -0.4 is 10.1 Å². The van der Waals surface area contributed by atoms with E-state index < -0.39 is 78.6 Å². The van der Waals surface area contributed by atoms with E-state index in [-0.39, 0.29) is 53.5 Å². The molecule has 15 nitrogen and oxygen atoms in total. The third kappa shape index (κ3) is 10.2. The van der Waals surface area contributed by atoms with Crippen molar-refractivity contribution in [2.75, 3.05) is 32.1 Å². The number of phenols is 2. The standard InChI is InChI=1S/C33H45N3O12S/c1-18-7-5-9-20(35-25(40)17-49-33-30(44)29(43)28(42)24(15-37)48-33)10-6-8-19(34)13-21-27(32(45)47-18)22(38)14-23(39)31(21)46-16-26(41)36-11-3-2-4-12-36/h5-6,8-9,14,18,20,24,28-30,33-34,37-39,42-44H,2-4,7,10-13,15-17H2,1H3,(H,35,40)/b8-6+,9-5+,34-19?/t18-,20+,24?,28+,29?,30?,33-/m1/s1. The maximum atomic E-state index is 13.3. The quantitative estimate of drug-likeness (QED) is 0.136. The molecule has 2 fully saturated rings. The van der Waals surface area contributed by atoms with Gasteiger partial charge in [0, 0.05) is 43.3 Å². The van der Waals surface area contributed by atoms with Crippen LogP contribution in [0.3, 0.4) is 0 Å². The van der Waals surface area contributed by atoms with Crippen molar-refractivity contribution in [2.45, 2.75) is 87.4 Å². The van der Waals surface area contributed by atoms with Crippen LogP contribution in [0.1, 0.15) is 54.9 Å². The van der Waals surface area contributed by atoms with Gasteiger partial charge >= 0.3 is 5.97 Å². The third-order valence-corrected chi connectivity index (χ3v) is 9.53. The van der Waals surface area contributed by atoms with Gasteiger partial charge in [0.15, 0.2) is 18.1 Å². The molecule has 0 aromatic heterocycles. The minimum absolute atomic E-state index is 0.0153. The molecule has 2 amide bonds. The van der Waals surface area contributed by atoms with E-state index in [9.17, 15) is 45.0 Å². The Balaban J connectivity index is 1.47. The van der Waals surface area contributed by atoms with Gasteiger partial charge < -0.3 is 60.5 Å². The summed E-state index contributed by atoms with van der Waals surface area (Å²) < 4.78 is 16.8. The number of ether oxygens (including phenoxy) is 3. The highest BCUT2D eigenvalue weighted by Gasteiger charge is 2.43. The molecule has 3 aliphatic rings. The number of aliphatic hydroxyl groups excluding tert-OH is 4. The number of benzene rings is 1. The number of phenolic OH excluding ortho intramolecular Hbond substituents is 2. The molecule has 16 heteroatoms. The first-order valence-electron chi connectivity index (χ1n) is 16.2. The zero-order chi connectivity index (χ0) is 35.7. The molecule has 0 bridgehead atoms. The Bertz CT molecular complexity index is 1410. The first-order chi connectivity index (χ1) is 23.4. The second kappa shape index (κ2) is 17.8. The van der Waals surface area contributed by atoms with E-state index in [4.69, 9.17) is 19.6 Å². The molecule has 270 valence electrons. The molecule has 3 unspecified atom stereocenters. The van der Waals surface area contributed by atoms with Crippen LogP contribution in [0.5, 0.6) is 17.2 Å². The van der Waals surface area contributed by atoms with Gasteiger partial charge in [-0.05, 0) is 38.7 Å². The fourth-order valence-corrected chi connectivity index (χ4v) is 6.72. The van der Waals surface area contributed by atoms with Gasteiger partial charge in [-0.15, -0.1) is 11.8 Å². The lowest BCUT2D eigenvalue weighted by Gasteiger charge is -2.39. The van der Waals surface area contributed by atoms with E-state index in [1.165, 1.54) is 6.08 Å². The topological polar surface area (TPSA) is 239 Å². The largest absolute Gasteiger partial charge is 0.507 e. The van der Waals surface area contributed by atoms with Crippen molar-refractivity contribution < 1.29 is 59.2 Å². The minimum atomic E-state index is -1.56. The number of nitrogens with one attached hydrogen (secondary N) is 2. The van der Waals surface area contributed by atoms with E-state index in [1.807, 2.05) is 0 Å². The van der Waals surface area contributed by atoms with Gasteiger partial charge in [-0.1, -0.05) is 18.2 Å². The first-order valence-corrected chi connectivity index (χ1v) is 17.3. The number of esters is 1. The van der Waals surface area contributed by atoms with Gasteiger partial charge in [0.25, 0.3) is 5.91 Å². The molecular weight excluding hydrogens is 662 g/mol. The molecule has 1 aromatic carbocycles. The Hall–Kier alpha value is -3.67. The number of thioether (sulfide) groups is 1. The number of hydrogen-bond donors (Lipinski definition) is 8. The van der Waals surface area contributed by atoms with Crippen LogP contribution >= 0.6 is 11.8 Å². The second-order valence-corrected chi connectivity index (χ2v) is 13.3. The van der Waals surface area contributed by atoms with Crippen LogP contribution in [0.2, 0.25) is 0 Å². The summed E-state index contributed by atoms with van der Waals surface area (Å²) >= 11 is 0.890. The Morgan fingerprint density at radius 3 is 2.51 bits per heavy atom. The monoisotopic (exact) mass is 707 g/mol. The molecule has 0 aliphatic carbocycles. The fourth-order valence-electron chi connectivity index (χ4n) is 5.74. The van der Waals surface area contributed by atoms with Crippen molar-refractivity contribution in [3.63, 3.8) is 0 Å². The molecule has 8 N–H and O–H groups in total. The van der Waals surface area contributed by atoms with Crippen LogP contribution in [0.15, 0.2) is 30.4 Å². The highest BCUT2D eigenvalue weighted by Crippen LogP contribution is 2.40. The predicted molar refractivity (Wildman–Crippen MR) is 178 cm³/mol. The lowest BCUT2D eigenvalue weighted by atomic mass is 9.98. The fraction of sp³-hybridized carbons (Fsp3) is 0.576. The molecule has 2 saturated heterocycles. The van der Waals surface area contributed by atoms with Crippen LogP contribution in [-0.2, 0) is 25.5 Å². The van der Waals surface area contributed by atoms with E-state index in [2.05, 4.69) is 5.32 Å². The number of allylic oxidation sites excluding steroid dienone is 1. The summed E-state index contributed by atoms with van der Waals surface area (Å²) in [4.78, 5) is 40.7. The molecule has 1 aromatic rings. The minimum Gasteiger partial charge on any atom is -0.507 e. The molecule has 7 atom stereocenters. The molecule has 0 spiro atoms. The van der Waals surface area contributed by atoms with Crippen LogP contribution in [-0.4, -0.2) is 133 Å². The van der Waals surface area contributed by atoms with Gasteiger partial charge in [-0.2, -0.15) is 0 Å². The molecule has 0 saturated carbocycles. The number of piperidine rings is 1. The van der Waals surface area contributed by atoms with E-state index in [0.29, 0.717) is 13.1 Å². The predicted octanol–water partition coefficient (Wildman–Crippen LogP) is 0.521. The van der Waals surface area contributed by atoms with Crippen LogP contribution in [0.25, 0.3) is 0 Å². The van der Waals surface area contributed by atoms with Crippen molar-refractivity contribution in [2.24, 2.45) is 0 Å². The number of likely N-dealkylation sites (tertiary alicyclic amines) is 1. The number of aliphatic hydroxyl groups is 4. The smallest absolute Gasteiger partial charge is 0.342 e. The van der Waals surface area contributed by atoms with Gasteiger partial charge in [0.2, 0.25) is 5.91 Å². The normalized spacial score (nSPS) is 29.6. The first kappa shape index (κ1) is 38.1. The molecule has 3 aliphatic heterocycles. The van der Waals surface area contributed by atoms with E-state index >= 15 is 0 Å². The van der Waals surface area contributed by atoms with Gasteiger partial charge in [-0.25, -0.2) is 4.79 Å². The number of rotatable bonds is 8. The molecule has 4 rings (SSSR count). The lowest BCUT2D eigenvalue weighted by molar-refractivity contribution is -0.205. The molecule has 3 heterocycles. The number of aromatic hydroxyl groups is 2. The summed E-state index contributed by atoms with van der Waals surface area (Å²) in [5.41, 5.74) is -1.41. The van der Waals surface area contributed by atoms with Crippen LogP contribution in [0.4, 0.5) is 0 Å². The summed E-state index contributed by atoms with van der Waals surface area (Å²) in [6.45, 7) is 1.81. The maximum absolute atomic E-state index is 13.3. The van der Waals surface area contributed by atoms with Crippen molar-refractivity contribution in [3.05, 3.63) is 41.5 Å². The van der Waals surface area contributed by atoms with Crippen LogP contribution in [0, 0.1) is 5.41 Å². The van der Waals surface area contributed by atoms with Gasteiger partial charge in [0.05, 0.1) is 18.4 Å². The molecular formula is C33H45N3O12S. The van der Waals surface area contributed by atoms with E-state index in [0.717, 1.165) is 37.1 Å². The van der Waals surface area contributed by atoms with Gasteiger partial charge in [0.1, 0.15) is 47.3 Å². The number of amides is 2. The second-order valence-electron chi connectivity index (χ2n) is 12.2. The number of nitrogens with zero attached hydrogens (tertiary/aromatic N) is 1. The Morgan fingerprint density at radius 2 is 1.80 bits per heavy atom. The number of carbonyl (C=O) groups excluding carboxylic acids is 3. The number of hydrogen-bond acceptors (Lipinski definition) is 14. The van der Waals surface area contributed by atoms with Gasteiger partial charge in [-0.3, -0.25) is 9.59 Å². The van der Waals surface area contributed by atoms with Crippen molar-refractivity contribution in [1.82, 2.24) is 10.2 Å². The average Bonchev–Trinajstić information content (AvgIpc) is 3.06. The van der Waals surface area contributed by atoms with Crippen molar-refractivity contribution in [1.29, 1.82) is 5.41 Å². The zero-order valence-electron chi connectivity index (χ0n) is 27.2. The van der Waals surface area contributed by atoms with Crippen molar-refractivity contribution in [3.8, 4) is 17.2 Å². The summed E-state index contributed by atoms with van der Waals surface area (Å²) in [7, 11) is 0.